The molecule has 16 heavy (non-hydrogen) atoms. The molecule has 0 fully saturated rings. The van der Waals surface area contributed by atoms with Gasteiger partial charge in [0, 0.05) is 29.4 Å². The SMILES string of the molecule is O=S([O-])NN1CCc2c(F)cc(F)c(F)c21. The van der Waals surface area contributed by atoms with Crippen LogP contribution in [0.3, 0.4) is 0 Å². The Morgan fingerprint density at radius 3 is 2.69 bits per heavy atom. The fourth-order valence-electron chi connectivity index (χ4n) is 1.66. The van der Waals surface area contributed by atoms with E-state index in [2.05, 4.69) is 0 Å². The quantitative estimate of drug-likeness (QED) is 0.623. The van der Waals surface area contributed by atoms with Crippen molar-refractivity contribution in [1.82, 2.24) is 4.83 Å². The highest BCUT2D eigenvalue weighted by atomic mass is 32.2. The number of rotatable bonds is 2. The first kappa shape index (κ1) is 11.4. The van der Waals surface area contributed by atoms with Crippen LogP contribution in [-0.4, -0.2) is 15.3 Å². The van der Waals surface area contributed by atoms with Gasteiger partial charge in [0.15, 0.2) is 11.6 Å². The van der Waals surface area contributed by atoms with Crippen molar-refractivity contribution in [2.24, 2.45) is 0 Å². The summed E-state index contributed by atoms with van der Waals surface area (Å²) in [6, 6.07) is 0.450. The highest BCUT2D eigenvalue weighted by molar-refractivity contribution is 7.77. The second kappa shape index (κ2) is 4.04. The summed E-state index contributed by atoms with van der Waals surface area (Å²) < 4.78 is 60.3. The van der Waals surface area contributed by atoms with Crippen molar-refractivity contribution in [2.45, 2.75) is 6.42 Å². The van der Waals surface area contributed by atoms with Crippen LogP contribution in [-0.2, 0) is 17.7 Å². The maximum Gasteiger partial charge on any atom is 0.183 e. The third-order valence-corrected chi connectivity index (χ3v) is 2.65. The predicted octanol–water partition coefficient (Wildman–Crippen LogP) is 0.765. The maximum absolute atomic E-state index is 13.4. The first-order valence-corrected chi connectivity index (χ1v) is 5.37. The lowest BCUT2D eigenvalue weighted by molar-refractivity contribution is 0.490. The summed E-state index contributed by atoms with van der Waals surface area (Å²) >= 11 is -2.67. The molecular weight excluding hydrogens is 245 g/mol. The Hall–Kier alpha value is -1.12. The molecule has 1 unspecified atom stereocenters. The van der Waals surface area contributed by atoms with Crippen molar-refractivity contribution >= 4 is 17.0 Å². The molecule has 0 aromatic heterocycles. The Balaban J connectivity index is 2.48. The molecule has 0 spiro atoms. The fourth-order valence-corrected chi connectivity index (χ4v) is 2.02. The van der Waals surface area contributed by atoms with Crippen molar-refractivity contribution in [3.8, 4) is 0 Å². The molecule has 1 aromatic carbocycles. The normalized spacial score (nSPS) is 16.4. The zero-order chi connectivity index (χ0) is 11.9. The van der Waals surface area contributed by atoms with Gasteiger partial charge in [0.25, 0.3) is 0 Å². The number of benzene rings is 1. The molecule has 1 heterocycles. The van der Waals surface area contributed by atoms with Crippen molar-refractivity contribution in [3.05, 3.63) is 29.1 Å². The second-order valence-corrected chi connectivity index (χ2v) is 3.86. The third-order valence-electron chi connectivity index (χ3n) is 2.29. The number of halogens is 3. The van der Waals surface area contributed by atoms with Crippen LogP contribution in [0.2, 0.25) is 0 Å². The van der Waals surface area contributed by atoms with Crippen LogP contribution in [0.4, 0.5) is 18.9 Å². The van der Waals surface area contributed by atoms with Crippen molar-refractivity contribution in [2.75, 3.05) is 11.6 Å². The topological polar surface area (TPSA) is 55.4 Å². The average molecular weight is 251 g/mol. The van der Waals surface area contributed by atoms with E-state index in [0.29, 0.717) is 6.07 Å². The summed E-state index contributed by atoms with van der Waals surface area (Å²) in [6.07, 6.45) is 0.114. The molecule has 1 atom stereocenters. The monoisotopic (exact) mass is 251 g/mol. The Morgan fingerprint density at radius 2 is 2.06 bits per heavy atom. The second-order valence-electron chi connectivity index (χ2n) is 3.21. The highest BCUT2D eigenvalue weighted by Crippen LogP contribution is 2.33. The lowest BCUT2D eigenvalue weighted by Gasteiger charge is -2.21. The molecule has 4 nitrogen and oxygen atoms in total. The van der Waals surface area contributed by atoms with E-state index in [9.17, 15) is 21.9 Å². The molecule has 2 rings (SSSR count). The number of anilines is 1. The molecule has 88 valence electrons. The lowest BCUT2D eigenvalue weighted by atomic mass is 10.1. The predicted molar refractivity (Wildman–Crippen MR) is 49.4 cm³/mol. The van der Waals surface area contributed by atoms with Crippen LogP contribution in [0.25, 0.3) is 0 Å². The van der Waals surface area contributed by atoms with E-state index >= 15 is 0 Å². The number of hydrogen-bond donors (Lipinski definition) is 1. The molecule has 1 aliphatic rings. The average Bonchev–Trinajstić information content (AvgIpc) is 2.58. The lowest BCUT2D eigenvalue weighted by Crippen LogP contribution is -2.38. The van der Waals surface area contributed by atoms with E-state index in [1.165, 1.54) is 0 Å². The van der Waals surface area contributed by atoms with Crippen LogP contribution >= 0.6 is 0 Å². The number of hydrazine groups is 1. The van der Waals surface area contributed by atoms with Gasteiger partial charge in [0.2, 0.25) is 0 Å². The fraction of sp³-hybridized carbons (Fsp3) is 0.250. The first-order chi connectivity index (χ1) is 7.50. The van der Waals surface area contributed by atoms with Gasteiger partial charge in [-0.3, -0.25) is 9.22 Å². The molecule has 0 amide bonds. The van der Waals surface area contributed by atoms with Crippen LogP contribution < -0.4 is 9.84 Å². The first-order valence-electron chi connectivity index (χ1n) is 4.30. The summed E-state index contributed by atoms with van der Waals surface area (Å²) in [7, 11) is 0. The van der Waals surface area contributed by atoms with E-state index in [0.717, 1.165) is 5.01 Å². The van der Waals surface area contributed by atoms with Crippen LogP contribution in [0.5, 0.6) is 0 Å². The van der Waals surface area contributed by atoms with Gasteiger partial charge in [-0.05, 0) is 6.42 Å². The molecule has 1 aromatic rings. The van der Waals surface area contributed by atoms with Crippen molar-refractivity contribution < 1.29 is 21.9 Å². The van der Waals surface area contributed by atoms with Gasteiger partial charge in [-0.25, -0.2) is 13.2 Å². The number of nitrogens with one attached hydrogen (secondary N) is 1. The smallest absolute Gasteiger partial charge is 0.183 e. The summed E-state index contributed by atoms with van der Waals surface area (Å²) in [4.78, 5) is 1.87. The van der Waals surface area contributed by atoms with E-state index in [1.54, 1.807) is 0 Å². The van der Waals surface area contributed by atoms with E-state index in [1.807, 2.05) is 4.83 Å². The number of hydrogen-bond acceptors (Lipinski definition) is 3. The van der Waals surface area contributed by atoms with Gasteiger partial charge >= 0.3 is 0 Å². The molecule has 8 heteroatoms. The molecule has 0 radical (unpaired) electrons. The molecule has 1 aliphatic heterocycles. The van der Waals surface area contributed by atoms with Crippen LogP contribution in [0.15, 0.2) is 6.07 Å². The molecule has 0 bridgehead atoms. The summed E-state index contributed by atoms with van der Waals surface area (Å²) in [6.45, 7) is 0.0562. The molecule has 1 N–H and O–H groups in total. The Morgan fingerprint density at radius 1 is 1.38 bits per heavy atom. The zero-order valence-electron chi connectivity index (χ0n) is 7.80. The summed E-state index contributed by atoms with van der Waals surface area (Å²) in [5.41, 5.74) is -0.418. The van der Waals surface area contributed by atoms with Gasteiger partial charge in [0.05, 0.1) is 5.69 Å². The Kier molecular flexibility index (Phi) is 2.87. The molecule has 0 aliphatic carbocycles. The van der Waals surface area contributed by atoms with Gasteiger partial charge in [0.1, 0.15) is 5.82 Å². The van der Waals surface area contributed by atoms with Crippen LogP contribution in [0, 0.1) is 17.5 Å². The van der Waals surface area contributed by atoms with E-state index < -0.39 is 28.7 Å². The zero-order valence-corrected chi connectivity index (χ0v) is 8.61. The van der Waals surface area contributed by atoms with Crippen LogP contribution in [0.1, 0.15) is 5.56 Å². The van der Waals surface area contributed by atoms with Crippen molar-refractivity contribution in [3.63, 3.8) is 0 Å². The van der Waals surface area contributed by atoms with E-state index in [-0.39, 0.29) is 24.2 Å². The minimum absolute atomic E-state index is 0.0307. The van der Waals surface area contributed by atoms with E-state index in [4.69, 9.17) is 0 Å². The summed E-state index contributed by atoms with van der Waals surface area (Å²) in [5.74, 6) is -3.48. The van der Waals surface area contributed by atoms with Gasteiger partial charge in [-0.2, -0.15) is 4.83 Å². The summed E-state index contributed by atoms with van der Waals surface area (Å²) in [5, 5.41) is 0.861. The maximum atomic E-state index is 13.4. The third kappa shape index (κ3) is 1.79. The molecular formula is C8H6F3N2O2S-. The molecule has 0 saturated carbocycles. The standard InChI is InChI=1S/C8H7F3N2O2S/c9-5-3-6(10)7(11)8-4(5)1-2-13(8)12-16(14)15/h3,12H,1-2H2,(H,14,15)/p-1. The van der Waals surface area contributed by atoms with Gasteiger partial charge < -0.3 is 4.55 Å². The van der Waals surface area contributed by atoms with Crippen molar-refractivity contribution in [1.29, 1.82) is 0 Å². The minimum atomic E-state index is -2.67. The van der Waals surface area contributed by atoms with Gasteiger partial charge in [-0.15, -0.1) is 0 Å². The number of nitrogens with zero attached hydrogens (tertiary/aromatic N) is 1. The largest absolute Gasteiger partial charge is 0.759 e. The Bertz CT molecular complexity index is 469. The molecule has 0 saturated heterocycles. The van der Waals surface area contributed by atoms with Gasteiger partial charge in [-0.1, -0.05) is 0 Å². The highest BCUT2D eigenvalue weighted by Gasteiger charge is 2.28. The Labute approximate surface area is 91.4 Å². The minimum Gasteiger partial charge on any atom is -0.759 e. The number of fused-ring (bicyclic) bond motifs is 1.